The van der Waals surface area contributed by atoms with E-state index in [-0.39, 0.29) is 17.9 Å². The molecule has 0 unspecified atom stereocenters. The molecule has 0 aliphatic rings. The molecule has 0 aliphatic carbocycles. The van der Waals surface area contributed by atoms with Crippen LogP contribution in [0.15, 0.2) is 30.3 Å². The van der Waals surface area contributed by atoms with E-state index in [0.717, 1.165) is 5.56 Å². The second-order valence-electron chi connectivity index (χ2n) is 3.36. The highest BCUT2D eigenvalue weighted by Crippen LogP contribution is 2.03. The second kappa shape index (κ2) is 6.85. The van der Waals surface area contributed by atoms with E-state index >= 15 is 0 Å². The normalized spacial score (nSPS) is 9.71. The maximum absolute atomic E-state index is 11.4. The molecule has 0 spiro atoms. The van der Waals surface area contributed by atoms with Crippen molar-refractivity contribution in [2.24, 2.45) is 0 Å². The minimum atomic E-state index is -2.52. The maximum Gasteiger partial charge on any atom is 0.349 e. The molecule has 4 nitrogen and oxygen atoms in total. The second-order valence-corrected chi connectivity index (χ2v) is 4.33. The van der Waals surface area contributed by atoms with Crippen molar-refractivity contribution in [2.45, 2.75) is 19.8 Å². The molecule has 0 radical (unpaired) electrons. The number of aryl methyl sites for hydroxylation is 1. The van der Waals surface area contributed by atoms with Gasteiger partial charge in [-0.1, -0.05) is 30.3 Å². The molecule has 1 aromatic carbocycles. The van der Waals surface area contributed by atoms with Crippen molar-refractivity contribution >= 4 is 21.1 Å². The van der Waals surface area contributed by atoms with Crippen LogP contribution in [-0.4, -0.2) is 25.9 Å². The van der Waals surface area contributed by atoms with E-state index < -0.39 is 16.3 Å². The molecule has 17 heavy (non-hydrogen) atoms. The summed E-state index contributed by atoms with van der Waals surface area (Å²) in [6.07, 6.45) is 0.669. The number of rotatable bonds is 5. The van der Waals surface area contributed by atoms with Crippen LogP contribution in [0.25, 0.3) is 0 Å². The number of esters is 1. The lowest BCUT2D eigenvalue weighted by Gasteiger charge is -2.03. The first-order chi connectivity index (χ1) is 8.15. The molecule has 0 fully saturated rings. The minimum absolute atomic E-state index is 0.166. The summed E-state index contributed by atoms with van der Waals surface area (Å²) in [5, 5.41) is 0. The van der Waals surface area contributed by atoms with Gasteiger partial charge in [-0.3, -0.25) is 0 Å². The van der Waals surface area contributed by atoms with E-state index in [1.807, 2.05) is 30.3 Å². The topological polar surface area (TPSA) is 60.4 Å². The van der Waals surface area contributed by atoms with Crippen molar-refractivity contribution in [1.29, 1.82) is 0 Å². The lowest BCUT2D eigenvalue weighted by atomic mass is 10.1. The largest absolute Gasteiger partial charge is 0.462 e. The summed E-state index contributed by atoms with van der Waals surface area (Å²) in [5.41, 5.74) is 0.986. The molecule has 0 aromatic heterocycles. The summed E-state index contributed by atoms with van der Waals surface area (Å²) >= 11 is 0. The fourth-order valence-electron chi connectivity index (χ4n) is 1.37. The molecule has 0 heterocycles. The standard InChI is InChI=1S/C12H14O4S/c1-2-16-12(13)11(17(14)15)9-8-10-6-4-3-5-7-10/h3-7H,2,8-9H2,1H3. The Balaban J connectivity index is 2.71. The van der Waals surface area contributed by atoms with Gasteiger partial charge >= 0.3 is 5.97 Å². The van der Waals surface area contributed by atoms with Crippen molar-refractivity contribution in [1.82, 2.24) is 0 Å². The molecule has 1 rings (SSSR count). The Kier molecular flexibility index (Phi) is 5.42. The summed E-state index contributed by atoms with van der Waals surface area (Å²) in [6.45, 7) is 1.81. The van der Waals surface area contributed by atoms with Gasteiger partial charge in [-0.25, -0.2) is 4.79 Å². The van der Waals surface area contributed by atoms with Crippen LogP contribution in [0.4, 0.5) is 0 Å². The predicted octanol–water partition coefficient (Wildman–Crippen LogP) is 1.23. The van der Waals surface area contributed by atoms with Crippen molar-refractivity contribution in [3.63, 3.8) is 0 Å². The summed E-state index contributed by atoms with van der Waals surface area (Å²) in [6, 6.07) is 9.39. The van der Waals surface area contributed by atoms with Crippen LogP contribution in [0.5, 0.6) is 0 Å². The lowest BCUT2D eigenvalue weighted by Crippen LogP contribution is -2.19. The van der Waals surface area contributed by atoms with E-state index in [2.05, 4.69) is 4.74 Å². The average Bonchev–Trinajstić information content (AvgIpc) is 2.30. The Morgan fingerprint density at radius 3 is 2.41 bits per heavy atom. The van der Waals surface area contributed by atoms with Gasteiger partial charge in [0, 0.05) is 0 Å². The molecular formula is C12H14O4S. The number of carbonyl (C=O) groups is 1. The SMILES string of the molecule is CCOC(=O)C(CCc1ccccc1)=S(=O)=O. The molecule has 1 aromatic rings. The quantitative estimate of drug-likeness (QED) is 0.586. The number of hydrogen-bond acceptors (Lipinski definition) is 4. The van der Waals surface area contributed by atoms with Crippen LogP contribution in [0.3, 0.4) is 0 Å². The van der Waals surface area contributed by atoms with Gasteiger partial charge in [0.25, 0.3) is 0 Å². The van der Waals surface area contributed by atoms with E-state index in [9.17, 15) is 13.2 Å². The third-order valence-corrected chi connectivity index (χ3v) is 2.96. The number of ether oxygens (including phenoxy) is 1. The molecule has 0 atom stereocenters. The molecule has 0 N–H and O–H groups in total. The van der Waals surface area contributed by atoms with Crippen molar-refractivity contribution in [3.8, 4) is 0 Å². The van der Waals surface area contributed by atoms with Gasteiger partial charge in [-0.15, -0.1) is 0 Å². The molecule has 0 saturated heterocycles. The third kappa shape index (κ3) is 4.40. The van der Waals surface area contributed by atoms with Crippen LogP contribution < -0.4 is 0 Å². The van der Waals surface area contributed by atoms with Gasteiger partial charge in [0.15, 0.2) is 4.86 Å². The highest BCUT2D eigenvalue weighted by molar-refractivity contribution is 7.74. The fraction of sp³-hybridized carbons (Fsp3) is 0.333. The van der Waals surface area contributed by atoms with Crippen molar-refractivity contribution in [2.75, 3.05) is 6.61 Å². The van der Waals surface area contributed by atoms with Crippen LogP contribution >= 0.6 is 0 Å². The van der Waals surface area contributed by atoms with E-state index in [0.29, 0.717) is 6.42 Å². The zero-order valence-electron chi connectivity index (χ0n) is 9.55. The number of hydrogen-bond donors (Lipinski definition) is 0. The Hall–Kier alpha value is -1.62. The zero-order valence-corrected chi connectivity index (χ0v) is 10.4. The smallest absolute Gasteiger partial charge is 0.349 e. The monoisotopic (exact) mass is 254 g/mol. The zero-order chi connectivity index (χ0) is 12.7. The summed E-state index contributed by atoms with van der Waals surface area (Å²) in [5.74, 6) is -0.753. The Morgan fingerprint density at radius 1 is 1.24 bits per heavy atom. The molecule has 0 bridgehead atoms. The summed E-state index contributed by atoms with van der Waals surface area (Å²) in [7, 11) is -2.52. The summed E-state index contributed by atoms with van der Waals surface area (Å²) < 4.78 is 26.5. The van der Waals surface area contributed by atoms with Crippen LogP contribution in [-0.2, 0) is 26.2 Å². The van der Waals surface area contributed by atoms with Gasteiger partial charge in [0.1, 0.15) is 0 Å². The van der Waals surface area contributed by atoms with Crippen LogP contribution in [0, 0.1) is 0 Å². The molecule has 0 aliphatic heterocycles. The number of benzene rings is 1. The minimum Gasteiger partial charge on any atom is -0.462 e. The molecular weight excluding hydrogens is 240 g/mol. The first-order valence-corrected chi connectivity index (χ1v) is 6.38. The average molecular weight is 254 g/mol. The molecule has 0 saturated carbocycles. The Bertz CT molecular complexity index is 495. The van der Waals surface area contributed by atoms with Crippen molar-refractivity contribution in [3.05, 3.63) is 35.9 Å². The summed E-state index contributed by atoms with van der Waals surface area (Å²) in [4.78, 5) is 11.2. The molecule has 0 amide bonds. The first kappa shape index (κ1) is 13.4. The molecule has 5 heteroatoms. The van der Waals surface area contributed by atoms with Gasteiger partial charge in [-0.2, -0.15) is 8.42 Å². The van der Waals surface area contributed by atoms with E-state index in [4.69, 9.17) is 0 Å². The highest BCUT2D eigenvalue weighted by atomic mass is 32.2. The molecule has 92 valence electrons. The van der Waals surface area contributed by atoms with Gasteiger partial charge < -0.3 is 4.74 Å². The predicted molar refractivity (Wildman–Crippen MR) is 65.3 cm³/mol. The van der Waals surface area contributed by atoms with Gasteiger partial charge in [0.05, 0.1) is 6.61 Å². The number of carbonyl (C=O) groups excluding carboxylic acids is 1. The third-order valence-electron chi connectivity index (χ3n) is 2.19. The van der Waals surface area contributed by atoms with Crippen molar-refractivity contribution < 1.29 is 17.9 Å². The van der Waals surface area contributed by atoms with E-state index in [1.54, 1.807) is 6.92 Å². The Labute approximate surface area is 102 Å². The van der Waals surface area contributed by atoms with Gasteiger partial charge in [0.2, 0.25) is 10.3 Å². The fourth-order valence-corrected chi connectivity index (χ4v) is 1.83. The Morgan fingerprint density at radius 2 is 1.88 bits per heavy atom. The van der Waals surface area contributed by atoms with E-state index in [1.165, 1.54) is 0 Å². The highest BCUT2D eigenvalue weighted by Gasteiger charge is 2.14. The van der Waals surface area contributed by atoms with Crippen LogP contribution in [0.1, 0.15) is 18.9 Å². The first-order valence-electron chi connectivity index (χ1n) is 5.31. The van der Waals surface area contributed by atoms with Crippen LogP contribution in [0.2, 0.25) is 0 Å². The lowest BCUT2D eigenvalue weighted by molar-refractivity contribution is -0.134. The maximum atomic E-state index is 11.4. The van der Waals surface area contributed by atoms with Gasteiger partial charge in [-0.05, 0) is 25.3 Å².